The zero-order chi connectivity index (χ0) is 85.7. The molecule has 2 heterocycles. The quantitative estimate of drug-likeness (QED) is 0.0570. The van der Waals surface area contributed by atoms with Gasteiger partial charge < -0.3 is 24.6 Å². The molecule has 4 radical (unpaired) electrons. The summed E-state index contributed by atoms with van der Waals surface area (Å²) in [6.45, 7) is 14.5. The molecular weight excluding hydrogens is 1930 g/mol. The van der Waals surface area contributed by atoms with Gasteiger partial charge in [-0.2, -0.15) is 0 Å². The average molecular weight is 2040 g/mol. The van der Waals surface area contributed by atoms with E-state index < -0.39 is 5.41 Å². The van der Waals surface area contributed by atoms with Gasteiger partial charge in [-0.05, 0) is 218 Å². The number of anilines is 6. The fraction of sp³-hybridized carbons (Fsp3) is 0.123. The number of aliphatic hydroxyl groups is 2. The Hall–Kier alpha value is -12.1. The van der Waals surface area contributed by atoms with Crippen molar-refractivity contribution in [3.8, 4) is 72.6 Å². The van der Waals surface area contributed by atoms with Crippen LogP contribution in [0.2, 0.25) is 0 Å². The topological polar surface area (TPSA) is 77.6 Å². The molecule has 126 heavy (non-hydrogen) atoms. The van der Waals surface area contributed by atoms with Gasteiger partial charge >= 0.3 is 26.2 Å². The maximum atomic E-state index is 10.6. The molecular formula is C114H101BBiFIrN5O2P-. The van der Waals surface area contributed by atoms with Gasteiger partial charge in [-0.1, -0.05) is 320 Å². The van der Waals surface area contributed by atoms with Crippen LogP contribution in [0, 0.1) is 6.07 Å². The molecule has 2 aliphatic rings. The van der Waals surface area contributed by atoms with Crippen molar-refractivity contribution < 1.29 is 34.7 Å². The fourth-order valence-electron chi connectivity index (χ4n) is 17.5. The van der Waals surface area contributed by atoms with Gasteiger partial charge in [0.05, 0.1) is 35.1 Å². The van der Waals surface area contributed by atoms with Crippen molar-refractivity contribution in [1.82, 2.24) is 14.5 Å². The smallest absolute Gasteiger partial charge is 0.0713 e. The second-order valence-electron chi connectivity index (χ2n) is 33.0. The van der Waals surface area contributed by atoms with Gasteiger partial charge in [0.25, 0.3) is 0 Å². The Labute approximate surface area is 777 Å². The summed E-state index contributed by atoms with van der Waals surface area (Å²) in [6.07, 6.45) is 0.969. The summed E-state index contributed by atoms with van der Waals surface area (Å²) < 4.78 is 13.0. The number of nitrogens with zero attached hydrogens (tertiary/aromatic N) is 5. The molecule has 0 saturated carbocycles. The number of rotatable bonds is 16. The molecule has 16 aromatic carbocycles. The summed E-state index contributed by atoms with van der Waals surface area (Å²) in [5.41, 5.74) is 33.4. The second kappa shape index (κ2) is 40.9. The van der Waals surface area contributed by atoms with E-state index in [0.717, 1.165) is 51.1 Å². The molecule has 0 saturated heterocycles. The normalized spacial score (nSPS) is 12.7. The van der Waals surface area contributed by atoms with Crippen LogP contribution in [0.3, 0.4) is 0 Å². The number of fused-ring (bicyclic) bond motifs is 9. The van der Waals surface area contributed by atoms with Crippen molar-refractivity contribution in [2.45, 2.75) is 83.3 Å². The van der Waals surface area contributed by atoms with E-state index in [1.165, 1.54) is 117 Å². The molecule has 20 rings (SSSR count). The van der Waals surface area contributed by atoms with Gasteiger partial charge in [0.15, 0.2) is 0 Å². The number of aliphatic hydroxyl groups excluding tert-OH is 2. The van der Waals surface area contributed by atoms with Gasteiger partial charge in [-0.15, -0.1) is 44.4 Å². The number of halogens is 1. The van der Waals surface area contributed by atoms with Crippen LogP contribution < -0.4 is 9.80 Å². The molecule has 12 heteroatoms. The van der Waals surface area contributed by atoms with Crippen LogP contribution in [0.25, 0.3) is 94.4 Å². The summed E-state index contributed by atoms with van der Waals surface area (Å²) in [4.78, 5) is 13.3. The average Bonchev–Trinajstić information content (AvgIpc) is 1.53. The maximum Gasteiger partial charge on any atom is 0.0713 e. The zero-order valence-corrected chi connectivity index (χ0v) is 79.8. The molecule has 0 aliphatic heterocycles. The predicted molar refractivity (Wildman–Crippen MR) is 529 cm³/mol. The summed E-state index contributed by atoms with van der Waals surface area (Å²) in [7, 11) is 4.65. The van der Waals surface area contributed by atoms with E-state index in [2.05, 4.69) is 455 Å². The number of hydrogen-bond acceptors (Lipinski definition) is 6. The Bertz CT molecular complexity index is 6550. The van der Waals surface area contributed by atoms with Crippen molar-refractivity contribution >= 4 is 98.2 Å². The minimum absolute atomic E-state index is 0. The molecule has 624 valence electrons. The molecule has 2 aromatic heterocycles. The maximum absolute atomic E-state index is 10.6. The number of hydrogen-bond donors (Lipinski definition) is 2. The number of benzene rings is 16. The minimum Gasteiger partial charge on any atom is -0.311 e. The van der Waals surface area contributed by atoms with E-state index >= 15 is 0 Å². The standard InChI is InChI=1S/C51H38N2.C43H31N.C14H15N2.C5H12O2.CH3BFP.Bi.Ir.2H/c1-51(2)47-19-11-9-17-43(47)44-31-30-42(34-48(44)51)52(40-26-21-36(22-27-40)35-13-5-3-6-14-35)41-28-23-37(24-29-41)38-25-32-50-46(33-38)45-18-10-12-20-49(45)53(50)39-15-7-4-8-16-39;1-4-14-32(15-5-1)33-24-28-37(29-25-33)44(36-18-8-3-9-19-36)38-30-26-35(27-31-38)43(34-16-6-2-7-17-34)41-22-12-10-20-39(41)40-21-11-13-23-42(40)43;1-14(2,3)13-9-12(15-10-16-13)11-7-5-4-6-8-11;1-4(6)3-5(2)7;2-4-1-3;;;;/h3-34H,1-2H3;1-31H;4-7,9-10H,1-3H3;4-7H,3H2,1-2H3;4H,1H2;;;;/q;;-1;;;;;;. The van der Waals surface area contributed by atoms with E-state index in [9.17, 15) is 4.39 Å². The molecule has 3 atom stereocenters. The summed E-state index contributed by atoms with van der Waals surface area (Å²) in [5.74, 6) is 0. The molecule has 2 aliphatic carbocycles. The van der Waals surface area contributed by atoms with E-state index in [4.69, 9.17) is 10.2 Å². The Morgan fingerprint density at radius 1 is 0.397 bits per heavy atom. The number of para-hydroxylation sites is 3. The first-order valence-electron chi connectivity index (χ1n) is 42.4. The van der Waals surface area contributed by atoms with Crippen LogP contribution in [-0.2, 0) is 36.4 Å². The molecule has 2 N–H and O–H groups in total. The van der Waals surface area contributed by atoms with Crippen molar-refractivity contribution in [2.75, 3.05) is 16.2 Å². The zero-order valence-electron chi connectivity index (χ0n) is 71.9. The molecule has 0 amide bonds. The number of alkyl halides is 1. The summed E-state index contributed by atoms with van der Waals surface area (Å²) in [6, 6.07) is 152. The third kappa shape index (κ3) is 19.3. The van der Waals surface area contributed by atoms with Gasteiger partial charge in [0.2, 0.25) is 0 Å². The van der Waals surface area contributed by atoms with Crippen LogP contribution >= 0.6 is 8.46 Å². The fourth-order valence-corrected chi connectivity index (χ4v) is 17.5. The molecule has 3 unspecified atom stereocenters. The van der Waals surface area contributed by atoms with Crippen molar-refractivity contribution in [2.24, 2.45) is 0 Å². The monoisotopic (exact) mass is 2030 g/mol. The molecule has 7 nitrogen and oxygen atoms in total. The summed E-state index contributed by atoms with van der Waals surface area (Å²) >= 11 is 0. The molecule has 0 spiro atoms. The molecule has 0 bridgehead atoms. The van der Waals surface area contributed by atoms with Gasteiger partial charge in [-0.3, -0.25) is 4.98 Å². The molecule has 0 fully saturated rings. The summed E-state index contributed by atoms with van der Waals surface area (Å²) in [5, 5.41) is 19.6. The SMILES string of the molecule is CC(C)(C)c1cc(-c2[c-]cccc2)ncn1.CC(O)CC(C)O.CC1(C)c2ccccc2-c2ccc(N(c3ccc(-c4ccccc4)cc3)c3ccc(-c4ccc5c(c4)c4ccccc4n5-c4ccccc4)cc3)cc21.[B]PCF.[BiH2].[Ir].c1ccc(-c2ccc(N(c3ccccc3)c3ccc(C4(c5ccccc5)c5ccccc5-c5ccccc54)cc3)cc2)cc1. The minimum atomic E-state index is -0.401. The van der Waals surface area contributed by atoms with Crippen LogP contribution in [0.5, 0.6) is 0 Å². The van der Waals surface area contributed by atoms with Crippen LogP contribution in [-0.4, -0.2) is 77.1 Å². The Morgan fingerprint density at radius 2 is 0.786 bits per heavy atom. The van der Waals surface area contributed by atoms with Gasteiger partial charge in [0.1, 0.15) is 13.9 Å². The van der Waals surface area contributed by atoms with E-state index in [-0.39, 0.29) is 84.2 Å². The van der Waals surface area contributed by atoms with Crippen molar-refractivity contribution in [1.29, 1.82) is 0 Å². The Balaban J connectivity index is 0.000000158. The van der Waals surface area contributed by atoms with E-state index in [1.807, 2.05) is 30.3 Å². The molecule has 18 aromatic rings. The number of aromatic nitrogens is 3. The van der Waals surface area contributed by atoms with E-state index in [0.29, 0.717) is 6.42 Å². The third-order valence-corrected chi connectivity index (χ3v) is 23.5. The van der Waals surface area contributed by atoms with Crippen LogP contribution in [0.4, 0.5) is 38.5 Å². The van der Waals surface area contributed by atoms with E-state index in [1.54, 1.807) is 20.2 Å². The Kier molecular flexibility index (Phi) is 29.3. The van der Waals surface area contributed by atoms with Crippen molar-refractivity contribution in [3.05, 3.63) is 464 Å². The first-order valence-corrected chi connectivity index (χ1v) is 43.7. The third-order valence-electron chi connectivity index (χ3n) is 23.3. The van der Waals surface area contributed by atoms with Crippen LogP contribution in [0.1, 0.15) is 94.0 Å². The van der Waals surface area contributed by atoms with Crippen LogP contribution in [0.15, 0.2) is 419 Å². The Morgan fingerprint density at radius 3 is 1.29 bits per heavy atom. The van der Waals surface area contributed by atoms with Gasteiger partial charge in [0, 0.05) is 87.2 Å². The predicted octanol–water partition coefficient (Wildman–Crippen LogP) is 28.2. The second-order valence-corrected chi connectivity index (χ2v) is 33.7. The first-order chi connectivity index (χ1) is 60.5. The van der Waals surface area contributed by atoms with Gasteiger partial charge in [-0.25, -0.2) is 9.37 Å². The first kappa shape index (κ1) is 90.1. The van der Waals surface area contributed by atoms with Crippen molar-refractivity contribution in [3.63, 3.8) is 0 Å². The largest absolute Gasteiger partial charge is 0.311 e.